The van der Waals surface area contributed by atoms with E-state index in [-0.39, 0.29) is 0 Å². The van der Waals surface area contributed by atoms with Crippen LogP contribution in [-0.4, -0.2) is 21.1 Å². The van der Waals surface area contributed by atoms with E-state index in [9.17, 15) is 0 Å². The van der Waals surface area contributed by atoms with Crippen LogP contribution in [0, 0.1) is 13.8 Å². The molecular weight excluding hydrogens is 350 g/mol. The minimum Gasteiger partial charge on any atom is -0.382 e. The van der Waals surface area contributed by atoms with Gasteiger partial charge in [0.05, 0.1) is 17.8 Å². The molecule has 6 heteroatoms. The van der Waals surface area contributed by atoms with E-state index in [1.54, 1.807) is 0 Å². The molecule has 1 aromatic carbocycles. The van der Waals surface area contributed by atoms with Crippen molar-refractivity contribution in [3.05, 3.63) is 59.6 Å². The van der Waals surface area contributed by atoms with Crippen LogP contribution < -0.4 is 11.2 Å². The van der Waals surface area contributed by atoms with E-state index in [1.165, 1.54) is 0 Å². The Bertz CT molecular complexity index is 962. The highest BCUT2D eigenvalue weighted by atomic mass is 16.6. The first-order chi connectivity index (χ1) is 13.5. The fourth-order valence-electron chi connectivity index (χ4n) is 3.33. The van der Waals surface area contributed by atoms with Crippen molar-refractivity contribution in [2.45, 2.75) is 46.6 Å². The normalized spacial score (nSPS) is 11.1. The molecule has 2 aromatic heterocycles. The lowest BCUT2D eigenvalue weighted by Crippen LogP contribution is -2.15. The van der Waals surface area contributed by atoms with Gasteiger partial charge in [-0.25, -0.2) is 9.97 Å². The van der Waals surface area contributed by atoms with Crippen LogP contribution in [-0.2, 0) is 17.8 Å². The second kappa shape index (κ2) is 8.89. The highest BCUT2D eigenvalue weighted by Gasteiger charge is 2.16. The average molecular weight is 380 g/mol. The van der Waals surface area contributed by atoms with Gasteiger partial charge in [0.25, 0.3) is 0 Å². The smallest absolute Gasteiger partial charge is 0.151 e. The number of pyridine rings is 1. The predicted molar refractivity (Wildman–Crippen MR) is 115 cm³/mol. The van der Waals surface area contributed by atoms with E-state index in [0.29, 0.717) is 12.4 Å². The Morgan fingerprint density at radius 2 is 1.96 bits per heavy atom. The summed E-state index contributed by atoms with van der Waals surface area (Å²) in [4.78, 5) is 14.8. The Labute approximate surface area is 166 Å². The summed E-state index contributed by atoms with van der Waals surface area (Å²) in [7, 11) is 0. The molecule has 3 N–H and O–H groups in total. The summed E-state index contributed by atoms with van der Waals surface area (Å²) in [6, 6.07) is 9.93. The first-order valence-corrected chi connectivity index (χ1v) is 9.76. The van der Waals surface area contributed by atoms with Crippen molar-refractivity contribution in [1.82, 2.24) is 20.0 Å². The van der Waals surface area contributed by atoms with E-state index in [2.05, 4.69) is 35.5 Å². The number of hydrogen-bond donors (Lipinski definition) is 2. The van der Waals surface area contributed by atoms with Gasteiger partial charge in [-0.05, 0) is 37.8 Å². The minimum absolute atomic E-state index is 0.506. The average Bonchev–Trinajstić information content (AvgIpc) is 3.06. The maximum absolute atomic E-state index is 6.14. The number of aromatic nitrogens is 3. The zero-order chi connectivity index (χ0) is 20.1. The lowest BCUT2D eigenvalue weighted by Gasteiger charge is -2.13. The molecule has 0 aliphatic rings. The monoisotopic (exact) mass is 379 g/mol. The van der Waals surface area contributed by atoms with Crippen LogP contribution in [0.5, 0.6) is 0 Å². The molecule has 2 heterocycles. The molecule has 28 heavy (non-hydrogen) atoms. The van der Waals surface area contributed by atoms with Crippen LogP contribution in [0.2, 0.25) is 0 Å². The Balaban J connectivity index is 1.66. The van der Waals surface area contributed by atoms with Crippen molar-refractivity contribution in [2.24, 2.45) is 0 Å². The van der Waals surface area contributed by atoms with Gasteiger partial charge in [0.15, 0.2) is 5.82 Å². The number of nitrogens with one attached hydrogen (secondary N) is 1. The van der Waals surface area contributed by atoms with Crippen LogP contribution in [0.4, 0.5) is 5.82 Å². The predicted octanol–water partition coefficient (Wildman–Crippen LogP) is 4.17. The number of benzene rings is 1. The van der Waals surface area contributed by atoms with Gasteiger partial charge in [0.2, 0.25) is 0 Å². The SMILES string of the molecule is C=C(NOCCCn1c(CCC)nc2c(N)nc(C)c(C)c21)c1ccccc1. The van der Waals surface area contributed by atoms with Gasteiger partial charge in [-0.3, -0.25) is 10.3 Å². The molecule has 0 spiro atoms. The maximum atomic E-state index is 6.14. The van der Waals surface area contributed by atoms with Gasteiger partial charge in [-0.1, -0.05) is 43.8 Å². The van der Waals surface area contributed by atoms with Gasteiger partial charge in [0.1, 0.15) is 11.3 Å². The maximum Gasteiger partial charge on any atom is 0.151 e. The van der Waals surface area contributed by atoms with Crippen molar-refractivity contribution < 1.29 is 4.84 Å². The molecule has 3 aromatic rings. The summed E-state index contributed by atoms with van der Waals surface area (Å²) in [6.07, 6.45) is 2.79. The fourth-order valence-corrected chi connectivity index (χ4v) is 3.33. The van der Waals surface area contributed by atoms with Gasteiger partial charge >= 0.3 is 0 Å². The molecule has 0 saturated heterocycles. The van der Waals surface area contributed by atoms with Crippen molar-refractivity contribution in [3.8, 4) is 0 Å². The van der Waals surface area contributed by atoms with Crippen LogP contribution in [0.3, 0.4) is 0 Å². The third kappa shape index (κ3) is 4.17. The second-order valence-electron chi connectivity index (χ2n) is 6.98. The van der Waals surface area contributed by atoms with Crippen molar-refractivity contribution >= 4 is 22.5 Å². The lowest BCUT2D eigenvalue weighted by molar-refractivity contribution is 0.0744. The standard InChI is InChI=1S/C22H29N5O/c1-5-10-19-25-20-21(15(2)16(3)24-22(20)23)27(19)13-9-14-28-26-17(4)18-11-7-6-8-12-18/h6-8,11-12,26H,4-5,9-10,13-14H2,1-3H3,(H2,23,24). The number of fused-ring (bicyclic) bond motifs is 1. The minimum atomic E-state index is 0.506. The van der Waals surface area contributed by atoms with Gasteiger partial charge < -0.3 is 10.3 Å². The summed E-state index contributed by atoms with van der Waals surface area (Å²) in [5.41, 5.74) is 14.8. The Kier molecular flexibility index (Phi) is 6.31. The van der Waals surface area contributed by atoms with E-state index in [1.807, 2.05) is 37.3 Å². The summed E-state index contributed by atoms with van der Waals surface area (Å²) < 4.78 is 2.27. The van der Waals surface area contributed by atoms with Crippen LogP contribution >= 0.6 is 0 Å². The number of rotatable bonds is 9. The largest absolute Gasteiger partial charge is 0.382 e. The molecule has 0 bridgehead atoms. The van der Waals surface area contributed by atoms with E-state index >= 15 is 0 Å². The zero-order valence-electron chi connectivity index (χ0n) is 17.0. The molecule has 0 amide bonds. The molecule has 0 aliphatic carbocycles. The summed E-state index contributed by atoms with van der Waals surface area (Å²) in [5, 5.41) is 0. The molecule has 0 aliphatic heterocycles. The number of nitrogen functional groups attached to an aromatic ring is 1. The molecule has 0 unspecified atom stereocenters. The van der Waals surface area contributed by atoms with Crippen molar-refractivity contribution in [2.75, 3.05) is 12.3 Å². The van der Waals surface area contributed by atoms with E-state index in [0.717, 1.165) is 65.2 Å². The number of anilines is 1. The Hall–Kier alpha value is -2.86. The Morgan fingerprint density at radius 1 is 1.21 bits per heavy atom. The summed E-state index contributed by atoms with van der Waals surface area (Å²) in [5.74, 6) is 1.56. The van der Waals surface area contributed by atoms with Gasteiger partial charge in [-0.2, -0.15) is 0 Å². The highest BCUT2D eigenvalue weighted by Crippen LogP contribution is 2.26. The number of aryl methyl sites for hydroxylation is 4. The van der Waals surface area contributed by atoms with Crippen LogP contribution in [0.15, 0.2) is 36.9 Å². The van der Waals surface area contributed by atoms with Gasteiger partial charge in [-0.15, -0.1) is 0 Å². The molecule has 0 radical (unpaired) electrons. The van der Waals surface area contributed by atoms with Gasteiger partial charge in [0, 0.05) is 18.7 Å². The first kappa shape index (κ1) is 19.9. The topological polar surface area (TPSA) is 78.0 Å². The highest BCUT2D eigenvalue weighted by molar-refractivity contribution is 5.88. The third-order valence-corrected chi connectivity index (χ3v) is 4.89. The van der Waals surface area contributed by atoms with E-state index < -0.39 is 0 Å². The fraction of sp³-hybridized carbons (Fsp3) is 0.364. The third-order valence-electron chi connectivity index (χ3n) is 4.89. The zero-order valence-corrected chi connectivity index (χ0v) is 17.0. The number of imidazole rings is 1. The quantitative estimate of drug-likeness (QED) is 0.431. The number of nitrogens with two attached hydrogens (primary N) is 1. The van der Waals surface area contributed by atoms with Crippen LogP contribution in [0.1, 0.15) is 42.4 Å². The second-order valence-corrected chi connectivity index (χ2v) is 6.98. The Morgan fingerprint density at radius 3 is 2.68 bits per heavy atom. The molecule has 0 fully saturated rings. The summed E-state index contributed by atoms with van der Waals surface area (Å²) >= 11 is 0. The number of hydrogen-bond acceptors (Lipinski definition) is 5. The first-order valence-electron chi connectivity index (χ1n) is 9.76. The molecule has 0 atom stereocenters. The molecule has 6 nitrogen and oxygen atoms in total. The molecular formula is C22H29N5O. The molecule has 3 rings (SSSR count). The van der Waals surface area contributed by atoms with Crippen molar-refractivity contribution in [1.29, 1.82) is 0 Å². The number of nitrogens with zero attached hydrogens (tertiary/aromatic N) is 3. The van der Waals surface area contributed by atoms with Crippen molar-refractivity contribution in [3.63, 3.8) is 0 Å². The molecule has 148 valence electrons. The van der Waals surface area contributed by atoms with Crippen LogP contribution in [0.25, 0.3) is 16.7 Å². The van der Waals surface area contributed by atoms with E-state index in [4.69, 9.17) is 15.6 Å². The lowest BCUT2D eigenvalue weighted by atomic mass is 10.2. The number of hydroxylamine groups is 1. The summed E-state index contributed by atoms with van der Waals surface area (Å²) in [6.45, 7) is 11.6. The molecule has 0 saturated carbocycles.